The number of nitro groups is 1. The lowest BCUT2D eigenvalue weighted by molar-refractivity contribution is -0.389. The lowest BCUT2D eigenvalue weighted by Crippen LogP contribution is -1.90. The van der Waals surface area contributed by atoms with Crippen molar-refractivity contribution in [2.75, 3.05) is 0 Å². The highest BCUT2D eigenvalue weighted by atomic mass is 16.6. The summed E-state index contributed by atoms with van der Waals surface area (Å²) in [5.41, 5.74) is 0. The first-order chi connectivity index (χ1) is 5.24. The van der Waals surface area contributed by atoms with Gasteiger partial charge >= 0.3 is 5.82 Å². The van der Waals surface area contributed by atoms with Crippen LogP contribution in [-0.2, 0) is 11.2 Å². The second kappa shape index (κ2) is 2.91. The average Bonchev–Trinajstić information content (AvgIpc) is 2.37. The van der Waals surface area contributed by atoms with E-state index in [2.05, 4.69) is 9.97 Å². The molecule has 6 nitrogen and oxygen atoms in total. The maximum atomic E-state index is 10.1. The van der Waals surface area contributed by atoms with Crippen molar-refractivity contribution in [3.63, 3.8) is 0 Å². The first kappa shape index (κ1) is 7.39. The van der Waals surface area contributed by atoms with E-state index in [4.69, 9.17) is 0 Å². The Labute approximate surface area is 61.4 Å². The topological polar surface area (TPSA) is 88.9 Å². The van der Waals surface area contributed by atoms with Gasteiger partial charge in [-0.25, -0.2) is 0 Å². The summed E-state index contributed by atoms with van der Waals surface area (Å²) >= 11 is 0. The molecule has 0 aliphatic rings. The first-order valence-corrected chi connectivity index (χ1v) is 2.86. The molecule has 0 aliphatic carbocycles. The van der Waals surface area contributed by atoms with Crippen LogP contribution in [0.2, 0.25) is 0 Å². The zero-order chi connectivity index (χ0) is 8.27. The third-order valence-corrected chi connectivity index (χ3v) is 1.08. The van der Waals surface area contributed by atoms with E-state index in [1.165, 1.54) is 0 Å². The van der Waals surface area contributed by atoms with Gasteiger partial charge in [-0.2, -0.15) is 0 Å². The number of carbonyl (C=O) groups excluding carboxylic acids is 1. The Hall–Kier alpha value is -1.72. The van der Waals surface area contributed by atoms with Gasteiger partial charge in [0.05, 0.1) is 6.42 Å². The molecule has 6 heteroatoms. The van der Waals surface area contributed by atoms with Gasteiger partial charge in [0.25, 0.3) is 0 Å². The Morgan fingerprint density at radius 3 is 3.00 bits per heavy atom. The molecule has 1 heterocycles. The molecule has 58 valence electrons. The maximum Gasteiger partial charge on any atom is 0.381 e. The minimum atomic E-state index is -0.620. The number of carbonyl (C=O) groups is 1. The highest BCUT2D eigenvalue weighted by Crippen LogP contribution is 2.05. The maximum absolute atomic E-state index is 10.1. The monoisotopic (exact) mass is 155 g/mol. The highest BCUT2D eigenvalue weighted by molar-refractivity contribution is 5.52. The number of aldehydes is 1. The predicted octanol–water partition coefficient (Wildman–Crippen LogP) is 0.0593. The Morgan fingerprint density at radius 2 is 2.55 bits per heavy atom. The molecule has 1 aromatic heterocycles. The largest absolute Gasteiger partial charge is 0.381 e. The summed E-state index contributed by atoms with van der Waals surface area (Å²) in [6.45, 7) is 0. The van der Waals surface area contributed by atoms with E-state index in [-0.39, 0.29) is 12.2 Å². The molecule has 0 aromatic carbocycles. The van der Waals surface area contributed by atoms with Crippen LogP contribution in [0.1, 0.15) is 5.82 Å². The number of hydrogen-bond acceptors (Lipinski definition) is 4. The average molecular weight is 155 g/mol. The molecule has 0 unspecified atom stereocenters. The van der Waals surface area contributed by atoms with Crippen molar-refractivity contribution in [3.8, 4) is 0 Å². The van der Waals surface area contributed by atoms with Crippen molar-refractivity contribution < 1.29 is 9.72 Å². The van der Waals surface area contributed by atoms with Crippen molar-refractivity contribution in [3.05, 3.63) is 22.1 Å². The molecule has 0 aliphatic heterocycles. The fourth-order valence-corrected chi connectivity index (χ4v) is 0.628. The normalized spacial score (nSPS) is 9.45. The summed E-state index contributed by atoms with van der Waals surface area (Å²) in [6.07, 6.45) is 1.86. The van der Waals surface area contributed by atoms with Gasteiger partial charge in [0.2, 0.25) is 5.82 Å². The van der Waals surface area contributed by atoms with Crippen molar-refractivity contribution in [2.45, 2.75) is 6.42 Å². The molecule has 11 heavy (non-hydrogen) atoms. The minimum Gasteiger partial charge on any atom is -0.358 e. The lowest BCUT2D eigenvalue weighted by Gasteiger charge is -1.81. The first-order valence-electron chi connectivity index (χ1n) is 2.86. The van der Waals surface area contributed by atoms with Gasteiger partial charge in [-0.3, -0.25) is 0 Å². The summed E-state index contributed by atoms with van der Waals surface area (Å²) in [7, 11) is 0. The van der Waals surface area contributed by atoms with Crippen LogP contribution in [0, 0.1) is 10.1 Å². The standard InChI is InChI=1S/C5H5N3O3/c9-2-1-4-6-3-5(7-4)8(10)11/h2-3H,1H2,(H,6,7). The summed E-state index contributed by atoms with van der Waals surface area (Å²) in [6, 6.07) is 0. The summed E-state index contributed by atoms with van der Waals surface area (Å²) in [5, 5.41) is 10.1. The van der Waals surface area contributed by atoms with Crippen LogP contribution < -0.4 is 0 Å². The molecule has 0 saturated carbocycles. The quantitative estimate of drug-likeness (QED) is 0.379. The van der Waals surface area contributed by atoms with Gasteiger partial charge in [-0.1, -0.05) is 0 Å². The molecule has 0 saturated heterocycles. The van der Waals surface area contributed by atoms with Crippen LogP contribution in [0.4, 0.5) is 5.82 Å². The molecule has 0 spiro atoms. The van der Waals surface area contributed by atoms with Gasteiger partial charge in [-0.05, 0) is 9.91 Å². The Bertz CT molecular complexity index is 280. The van der Waals surface area contributed by atoms with Crippen LogP contribution in [-0.4, -0.2) is 21.2 Å². The number of nitrogens with one attached hydrogen (secondary N) is 1. The van der Waals surface area contributed by atoms with Gasteiger partial charge in [0.15, 0.2) is 0 Å². The molecule has 0 bridgehead atoms. The van der Waals surface area contributed by atoms with E-state index in [1.54, 1.807) is 0 Å². The summed E-state index contributed by atoms with van der Waals surface area (Å²) < 4.78 is 0. The second-order valence-electron chi connectivity index (χ2n) is 1.83. The predicted molar refractivity (Wildman–Crippen MR) is 35.0 cm³/mol. The zero-order valence-electron chi connectivity index (χ0n) is 5.48. The number of aromatic amines is 1. The van der Waals surface area contributed by atoms with Crippen LogP contribution in [0.5, 0.6) is 0 Å². The molecule has 0 radical (unpaired) electrons. The molecular weight excluding hydrogens is 150 g/mol. The lowest BCUT2D eigenvalue weighted by atomic mass is 10.5. The van der Waals surface area contributed by atoms with Crippen LogP contribution in [0.25, 0.3) is 0 Å². The number of hydrogen-bond donors (Lipinski definition) is 1. The van der Waals surface area contributed by atoms with Gasteiger partial charge in [0.1, 0.15) is 12.5 Å². The molecule has 1 aromatic rings. The van der Waals surface area contributed by atoms with Crippen molar-refractivity contribution in [2.24, 2.45) is 0 Å². The Balaban J connectivity index is 2.81. The fraction of sp³-hybridized carbons (Fsp3) is 0.200. The van der Waals surface area contributed by atoms with E-state index in [1.807, 2.05) is 0 Å². The van der Waals surface area contributed by atoms with E-state index >= 15 is 0 Å². The zero-order valence-corrected chi connectivity index (χ0v) is 5.48. The minimum absolute atomic E-state index is 0.0772. The van der Waals surface area contributed by atoms with Gasteiger partial charge in [0, 0.05) is 0 Å². The molecule has 0 atom stereocenters. The molecular formula is C5H5N3O3. The van der Waals surface area contributed by atoms with Crippen LogP contribution in [0.15, 0.2) is 6.20 Å². The molecule has 0 fully saturated rings. The number of nitrogens with zero attached hydrogens (tertiary/aromatic N) is 2. The fourth-order valence-electron chi connectivity index (χ4n) is 0.628. The van der Waals surface area contributed by atoms with Crippen LogP contribution >= 0.6 is 0 Å². The van der Waals surface area contributed by atoms with Gasteiger partial charge < -0.3 is 19.9 Å². The summed E-state index contributed by atoms with van der Waals surface area (Å²) in [5.74, 6) is 0.0496. The summed E-state index contributed by atoms with van der Waals surface area (Å²) in [4.78, 5) is 25.4. The third-order valence-electron chi connectivity index (χ3n) is 1.08. The van der Waals surface area contributed by atoms with E-state index < -0.39 is 4.92 Å². The van der Waals surface area contributed by atoms with E-state index in [0.717, 1.165) is 6.20 Å². The van der Waals surface area contributed by atoms with Crippen molar-refractivity contribution >= 4 is 12.1 Å². The number of H-pyrrole nitrogens is 1. The Kier molecular flexibility index (Phi) is 1.95. The smallest absolute Gasteiger partial charge is 0.358 e. The molecule has 0 amide bonds. The highest BCUT2D eigenvalue weighted by Gasteiger charge is 2.11. The number of aromatic nitrogens is 2. The number of rotatable bonds is 3. The Morgan fingerprint density at radius 1 is 1.82 bits per heavy atom. The molecule has 1 N–H and O–H groups in total. The van der Waals surface area contributed by atoms with Crippen LogP contribution in [0.3, 0.4) is 0 Å². The van der Waals surface area contributed by atoms with E-state index in [0.29, 0.717) is 12.1 Å². The van der Waals surface area contributed by atoms with Crippen molar-refractivity contribution in [1.29, 1.82) is 0 Å². The van der Waals surface area contributed by atoms with Crippen molar-refractivity contribution in [1.82, 2.24) is 9.97 Å². The van der Waals surface area contributed by atoms with Gasteiger partial charge in [-0.15, -0.1) is 0 Å². The second-order valence-corrected chi connectivity index (χ2v) is 1.83. The molecule has 1 rings (SSSR count). The van der Waals surface area contributed by atoms with E-state index in [9.17, 15) is 14.9 Å². The third kappa shape index (κ3) is 1.60. The SMILES string of the molecule is O=CCc1nc([N+](=O)[O-])c[nH]1. The number of imidazole rings is 1.